The van der Waals surface area contributed by atoms with Gasteiger partial charge >= 0.3 is 0 Å². The third-order valence-electron chi connectivity index (χ3n) is 3.01. The van der Waals surface area contributed by atoms with Crippen molar-refractivity contribution in [3.8, 4) is 6.07 Å². The third-order valence-corrected chi connectivity index (χ3v) is 3.01. The zero-order valence-electron chi connectivity index (χ0n) is 10.9. The fourth-order valence-corrected chi connectivity index (χ4v) is 1.91. The molecular weight excluding hydrogens is 255 g/mol. The Morgan fingerprint density at radius 3 is 2.50 bits per heavy atom. The molecule has 102 valence electrons. The van der Waals surface area contributed by atoms with Gasteiger partial charge in [0.25, 0.3) is 0 Å². The maximum atomic E-state index is 13.5. The quantitative estimate of drug-likeness (QED) is 0.877. The van der Waals surface area contributed by atoms with Crippen molar-refractivity contribution in [1.29, 1.82) is 5.26 Å². The minimum absolute atomic E-state index is 0.265. The van der Waals surface area contributed by atoms with Gasteiger partial charge < -0.3 is 10.4 Å². The van der Waals surface area contributed by atoms with Crippen LogP contribution in [-0.4, -0.2) is 11.7 Å². The minimum atomic E-state index is -0.880. The van der Waals surface area contributed by atoms with Gasteiger partial charge in [-0.2, -0.15) is 5.26 Å². The number of aliphatic hydroxyl groups excluding tert-OH is 1. The molecule has 0 bridgehead atoms. The van der Waals surface area contributed by atoms with Crippen LogP contribution in [0.15, 0.2) is 48.5 Å². The average Bonchev–Trinajstić information content (AvgIpc) is 2.48. The third kappa shape index (κ3) is 3.64. The molecule has 0 spiro atoms. The number of rotatable bonds is 5. The standard InChI is InChI=1S/C16H15FN2O/c17-15-4-2-1-3-14(15)16(20)11-19-10-13-7-5-12(9-18)6-8-13/h1-8,16,19-20H,10-11H2/t16-/m1/s1. The Bertz CT molecular complexity index is 605. The van der Waals surface area contributed by atoms with Gasteiger partial charge in [-0.1, -0.05) is 30.3 Å². The highest BCUT2D eigenvalue weighted by Crippen LogP contribution is 2.15. The van der Waals surface area contributed by atoms with Crippen LogP contribution in [0.4, 0.5) is 4.39 Å². The molecule has 0 heterocycles. The molecule has 0 amide bonds. The number of hydrogen-bond donors (Lipinski definition) is 2. The number of nitrogens with one attached hydrogen (secondary N) is 1. The zero-order chi connectivity index (χ0) is 14.4. The highest BCUT2D eigenvalue weighted by atomic mass is 19.1. The van der Waals surface area contributed by atoms with E-state index in [0.717, 1.165) is 5.56 Å². The summed E-state index contributed by atoms with van der Waals surface area (Å²) < 4.78 is 13.5. The van der Waals surface area contributed by atoms with Crippen LogP contribution in [0.25, 0.3) is 0 Å². The Kier molecular flexibility index (Phi) is 4.83. The van der Waals surface area contributed by atoms with Crippen LogP contribution < -0.4 is 5.32 Å². The van der Waals surface area contributed by atoms with Crippen LogP contribution in [0, 0.1) is 17.1 Å². The first-order valence-electron chi connectivity index (χ1n) is 6.33. The van der Waals surface area contributed by atoms with E-state index in [2.05, 4.69) is 11.4 Å². The summed E-state index contributed by atoms with van der Waals surface area (Å²) in [7, 11) is 0. The minimum Gasteiger partial charge on any atom is -0.387 e. The lowest BCUT2D eigenvalue weighted by atomic mass is 10.1. The number of benzene rings is 2. The molecule has 3 nitrogen and oxygen atoms in total. The summed E-state index contributed by atoms with van der Waals surface area (Å²) in [6, 6.07) is 15.4. The number of halogens is 1. The summed E-state index contributed by atoms with van der Waals surface area (Å²) >= 11 is 0. The Morgan fingerprint density at radius 2 is 1.85 bits per heavy atom. The highest BCUT2D eigenvalue weighted by molar-refractivity contribution is 5.31. The SMILES string of the molecule is N#Cc1ccc(CNC[C@@H](O)c2ccccc2F)cc1. The predicted octanol–water partition coefficient (Wildman–Crippen LogP) is 2.52. The van der Waals surface area contributed by atoms with E-state index in [-0.39, 0.29) is 6.54 Å². The average molecular weight is 270 g/mol. The van der Waals surface area contributed by atoms with Crippen molar-refractivity contribution in [3.63, 3.8) is 0 Å². The molecule has 20 heavy (non-hydrogen) atoms. The molecule has 0 saturated heterocycles. The number of aliphatic hydroxyl groups is 1. The van der Waals surface area contributed by atoms with Crippen molar-refractivity contribution >= 4 is 0 Å². The Hall–Kier alpha value is -2.22. The van der Waals surface area contributed by atoms with Crippen molar-refractivity contribution in [2.24, 2.45) is 0 Å². The second-order valence-corrected chi connectivity index (χ2v) is 4.48. The van der Waals surface area contributed by atoms with E-state index in [9.17, 15) is 9.50 Å². The number of hydrogen-bond acceptors (Lipinski definition) is 3. The fourth-order valence-electron chi connectivity index (χ4n) is 1.91. The first-order chi connectivity index (χ1) is 9.70. The molecular formula is C16H15FN2O. The lowest BCUT2D eigenvalue weighted by Gasteiger charge is -2.13. The molecule has 4 heteroatoms. The molecule has 2 rings (SSSR count). The van der Waals surface area contributed by atoms with Gasteiger partial charge in [0.2, 0.25) is 0 Å². The molecule has 0 fully saturated rings. The van der Waals surface area contributed by atoms with Crippen molar-refractivity contribution < 1.29 is 9.50 Å². The van der Waals surface area contributed by atoms with Gasteiger partial charge in [-0.3, -0.25) is 0 Å². The largest absolute Gasteiger partial charge is 0.387 e. The van der Waals surface area contributed by atoms with Crippen molar-refractivity contribution in [1.82, 2.24) is 5.32 Å². The molecule has 0 aromatic heterocycles. The molecule has 1 atom stereocenters. The molecule has 0 unspecified atom stereocenters. The number of nitrogens with zero attached hydrogens (tertiary/aromatic N) is 1. The van der Waals surface area contributed by atoms with Gasteiger partial charge in [0.1, 0.15) is 5.82 Å². The van der Waals surface area contributed by atoms with Crippen LogP contribution in [-0.2, 0) is 6.54 Å². The van der Waals surface area contributed by atoms with E-state index in [0.29, 0.717) is 17.7 Å². The lowest BCUT2D eigenvalue weighted by molar-refractivity contribution is 0.169. The normalized spacial score (nSPS) is 11.8. The second-order valence-electron chi connectivity index (χ2n) is 4.48. The summed E-state index contributed by atoms with van der Waals surface area (Å²) in [6.07, 6.45) is -0.880. The molecule has 2 aromatic rings. The summed E-state index contributed by atoms with van der Waals surface area (Å²) in [6.45, 7) is 0.818. The fraction of sp³-hybridized carbons (Fsp3) is 0.188. The summed E-state index contributed by atoms with van der Waals surface area (Å²) in [5.74, 6) is -0.403. The molecule has 2 N–H and O–H groups in total. The van der Waals surface area contributed by atoms with Gasteiger partial charge in [-0.05, 0) is 23.8 Å². The lowest BCUT2D eigenvalue weighted by Crippen LogP contribution is -2.21. The predicted molar refractivity (Wildman–Crippen MR) is 74.2 cm³/mol. The topological polar surface area (TPSA) is 56.0 Å². The Labute approximate surface area is 117 Å². The maximum Gasteiger partial charge on any atom is 0.129 e. The molecule has 0 radical (unpaired) electrons. The van der Waals surface area contributed by atoms with Crippen LogP contribution in [0.1, 0.15) is 22.8 Å². The molecule has 0 aliphatic heterocycles. The van der Waals surface area contributed by atoms with Gasteiger partial charge in [0.15, 0.2) is 0 Å². The summed E-state index contributed by atoms with van der Waals surface area (Å²) in [5.41, 5.74) is 1.91. The van der Waals surface area contributed by atoms with Crippen LogP contribution in [0.5, 0.6) is 0 Å². The summed E-state index contributed by atoms with van der Waals surface area (Å²) in [5, 5.41) is 21.7. The van der Waals surface area contributed by atoms with E-state index < -0.39 is 11.9 Å². The molecule has 2 aromatic carbocycles. The van der Waals surface area contributed by atoms with Gasteiger partial charge in [0, 0.05) is 18.7 Å². The number of nitriles is 1. The Morgan fingerprint density at radius 1 is 1.15 bits per heavy atom. The van der Waals surface area contributed by atoms with Gasteiger partial charge in [-0.25, -0.2) is 4.39 Å². The monoisotopic (exact) mass is 270 g/mol. The van der Waals surface area contributed by atoms with E-state index in [1.54, 1.807) is 30.3 Å². The molecule has 0 aliphatic rings. The maximum absolute atomic E-state index is 13.5. The van der Waals surface area contributed by atoms with Crippen LogP contribution in [0.2, 0.25) is 0 Å². The van der Waals surface area contributed by atoms with Crippen LogP contribution >= 0.6 is 0 Å². The molecule has 0 saturated carbocycles. The van der Waals surface area contributed by atoms with Gasteiger partial charge in [-0.15, -0.1) is 0 Å². The first kappa shape index (κ1) is 14.2. The smallest absolute Gasteiger partial charge is 0.129 e. The zero-order valence-corrected chi connectivity index (χ0v) is 10.9. The summed E-state index contributed by atoms with van der Waals surface area (Å²) in [4.78, 5) is 0. The van der Waals surface area contributed by atoms with Crippen molar-refractivity contribution in [3.05, 3.63) is 71.0 Å². The van der Waals surface area contributed by atoms with Gasteiger partial charge in [0.05, 0.1) is 17.7 Å². The van der Waals surface area contributed by atoms with Crippen molar-refractivity contribution in [2.75, 3.05) is 6.54 Å². The van der Waals surface area contributed by atoms with E-state index >= 15 is 0 Å². The Balaban J connectivity index is 1.86. The van der Waals surface area contributed by atoms with E-state index in [1.165, 1.54) is 6.07 Å². The van der Waals surface area contributed by atoms with E-state index in [4.69, 9.17) is 5.26 Å². The van der Waals surface area contributed by atoms with E-state index in [1.807, 2.05) is 12.1 Å². The molecule has 0 aliphatic carbocycles. The second kappa shape index (κ2) is 6.80. The highest BCUT2D eigenvalue weighted by Gasteiger charge is 2.11. The first-order valence-corrected chi connectivity index (χ1v) is 6.33. The van der Waals surface area contributed by atoms with Crippen LogP contribution in [0.3, 0.4) is 0 Å². The van der Waals surface area contributed by atoms with Crippen molar-refractivity contribution in [2.45, 2.75) is 12.6 Å².